The first-order valence-corrected chi connectivity index (χ1v) is 14.4. The molecule has 6 fully saturated rings. The van der Waals surface area contributed by atoms with Gasteiger partial charge in [0.05, 0.1) is 12.0 Å². The summed E-state index contributed by atoms with van der Waals surface area (Å²) in [6, 6.07) is 0. The minimum Gasteiger partial charge on any atom is -0.481 e. The summed E-state index contributed by atoms with van der Waals surface area (Å²) in [5, 5.41) is 32.4. The second-order valence-corrected chi connectivity index (χ2v) is 15.5. The Kier molecular flexibility index (Phi) is 4.83. The van der Waals surface area contributed by atoms with E-state index in [-0.39, 0.29) is 33.0 Å². The summed E-state index contributed by atoms with van der Waals surface area (Å²) in [4.78, 5) is 12.3. The van der Waals surface area contributed by atoms with Crippen LogP contribution in [0.5, 0.6) is 0 Å². The number of fused-ring (bicyclic) bond motifs is 7. The maximum absolute atomic E-state index is 12.3. The standard InChI is InChI=1S/C30H48O5/c1-18-29-8-7-19-26(4,20(29)15-22(31)30(18,34)35-17-29)12-14-28(6)21-16-25(3,23(32)33)10-9-24(21,2)11-13-27(19,28)5/h18-22,31,34H,7-17H2,1-6H3,(H,32,33)/t18-,19?,20?,21?,22-,24-,25-,26-,27-,28+,29?,30?/m1/s1. The van der Waals surface area contributed by atoms with Crippen molar-refractivity contribution < 1.29 is 24.9 Å². The van der Waals surface area contributed by atoms with Gasteiger partial charge in [-0.1, -0.05) is 34.6 Å². The quantitative estimate of drug-likeness (QED) is 0.446. The monoisotopic (exact) mass is 488 g/mol. The van der Waals surface area contributed by atoms with Crippen LogP contribution in [0.15, 0.2) is 0 Å². The molecule has 198 valence electrons. The highest BCUT2D eigenvalue weighted by molar-refractivity contribution is 5.74. The number of hydrogen-bond acceptors (Lipinski definition) is 4. The van der Waals surface area contributed by atoms with E-state index in [1.807, 2.05) is 6.92 Å². The Hall–Kier alpha value is -0.650. The molecule has 6 rings (SSSR count). The van der Waals surface area contributed by atoms with Crippen LogP contribution in [0.4, 0.5) is 0 Å². The Morgan fingerprint density at radius 1 is 0.857 bits per heavy atom. The van der Waals surface area contributed by atoms with Crippen LogP contribution in [0.1, 0.15) is 106 Å². The average molecular weight is 489 g/mol. The molecule has 0 aromatic rings. The van der Waals surface area contributed by atoms with Gasteiger partial charge in [-0.05, 0) is 111 Å². The normalized spacial score (nSPS) is 63.4. The van der Waals surface area contributed by atoms with Crippen LogP contribution < -0.4 is 0 Å². The van der Waals surface area contributed by atoms with Crippen molar-refractivity contribution in [2.24, 2.45) is 56.2 Å². The fourth-order valence-corrected chi connectivity index (χ4v) is 11.9. The van der Waals surface area contributed by atoms with Crippen molar-refractivity contribution in [3.05, 3.63) is 0 Å². The summed E-state index contributed by atoms with van der Waals surface area (Å²) >= 11 is 0. The molecular weight excluding hydrogens is 440 g/mol. The zero-order valence-electron chi connectivity index (χ0n) is 22.8. The number of aliphatic carboxylic acids is 1. The van der Waals surface area contributed by atoms with Gasteiger partial charge >= 0.3 is 5.97 Å². The van der Waals surface area contributed by atoms with Gasteiger partial charge in [0, 0.05) is 11.3 Å². The van der Waals surface area contributed by atoms with Crippen LogP contribution in [0.2, 0.25) is 0 Å². The number of carboxylic acid groups (broad SMARTS) is 1. The number of hydrogen-bond donors (Lipinski definition) is 3. The summed E-state index contributed by atoms with van der Waals surface area (Å²) in [7, 11) is 0. The minimum absolute atomic E-state index is 0.0424. The van der Waals surface area contributed by atoms with Gasteiger partial charge in [-0.2, -0.15) is 0 Å². The molecule has 1 heterocycles. The zero-order valence-corrected chi connectivity index (χ0v) is 22.8. The lowest BCUT2D eigenvalue weighted by atomic mass is 9.30. The van der Waals surface area contributed by atoms with Gasteiger partial charge in [0.25, 0.3) is 0 Å². The zero-order chi connectivity index (χ0) is 25.4. The molecule has 5 nitrogen and oxygen atoms in total. The Balaban J connectivity index is 1.40. The molecule has 0 amide bonds. The molecule has 5 heteroatoms. The Bertz CT molecular complexity index is 951. The van der Waals surface area contributed by atoms with Crippen molar-refractivity contribution in [2.75, 3.05) is 6.61 Å². The topological polar surface area (TPSA) is 87.0 Å². The lowest BCUT2D eigenvalue weighted by molar-refractivity contribution is -0.291. The molecular formula is C30H48O5. The summed E-state index contributed by atoms with van der Waals surface area (Å²) < 4.78 is 6.00. The fourth-order valence-electron chi connectivity index (χ4n) is 11.9. The van der Waals surface area contributed by atoms with Gasteiger partial charge in [0.2, 0.25) is 0 Å². The number of aliphatic hydroxyl groups excluding tert-OH is 1. The van der Waals surface area contributed by atoms with E-state index in [0.29, 0.717) is 30.8 Å². The van der Waals surface area contributed by atoms with Crippen LogP contribution in [-0.4, -0.2) is 39.8 Å². The molecule has 0 aromatic carbocycles. The maximum Gasteiger partial charge on any atom is 0.309 e. The summed E-state index contributed by atoms with van der Waals surface area (Å²) in [6.45, 7) is 14.7. The molecule has 0 aromatic heterocycles. The molecule has 5 aliphatic carbocycles. The predicted molar refractivity (Wildman–Crippen MR) is 133 cm³/mol. The van der Waals surface area contributed by atoms with Gasteiger partial charge in [-0.15, -0.1) is 0 Å². The molecule has 1 spiro atoms. The highest BCUT2D eigenvalue weighted by Crippen LogP contribution is 2.79. The Labute approximate surface area is 211 Å². The largest absolute Gasteiger partial charge is 0.481 e. The van der Waals surface area contributed by atoms with E-state index in [1.165, 1.54) is 12.8 Å². The lowest BCUT2D eigenvalue weighted by Gasteiger charge is -2.74. The van der Waals surface area contributed by atoms with Gasteiger partial charge in [0.1, 0.15) is 6.10 Å². The van der Waals surface area contributed by atoms with E-state index in [9.17, 15) is 20.1 Å². The van der Waals surface area contributed by atoms with Crippen molar-refractivity contribution in [1.82, 2.24) is 0 Å². The first-order chi connectivity index (χ1) is 16.1. The van der Waals surface area contributed by atoms with Crippen molar-refractivity contribution in [3.63, 3.8) is 0 Å². The van der Waals surface area contributed by atoms with E-state index in [2.05, 4.69) is 34.6 Å². The van der Waals surface area contributed by atoms with E-state index in [0.717, 1.165) is 44.9 Å². The summed E-state index contributed by atoms with van der Waals surface area (Å²) in [6.07, 6.45) is 9.34. The van der Waals surface area contributed by atoms with Crippen molar-refractivity contribution in [1.29, 1.82) is 0 Å². The molecule has 2 bridgehead atoms. The minimum atomic E-state index is -1.39. The van der Waals surface area contributed by atoms with Crippen LogP contribution in [0, 0.1) is 56.2 Å². The van der Waals surface area contributed by atoms with Crippen LogP contribution in [0.25, 0.3) is 0 Å². The maximum atomic E-state index is 12.3. The summed E-state index contributed by atoms with van der Waals surface area (Å²) in [5.41, 5.74) is -0.0361. The second-order valence-electron chi connectivity index (χ2n) is 15.5. The number of rotatable bonds is 1. The highest BCUT2D eigenvalue weighted by atomic mass is 16.6. The van der Waals surface area contributed by atoms with E-state index >= 15 is 0 Å². The molecule has 0 radical (unpaired) electrons. The van der Waals surface area contributed by atoms with Crippen LogP contribution >= 0.6 is 0 Å². The van der Waals surface area contributed by atoms with Crippen molar-refractivity contribution in [2.45, 2.75) is 118 Å². The summed E-state index contributed by atoms with van der Waals surface area (Å²) in [5.74, 6) is -0.714. The third-order valence-electron chi connectivity index (χ3n) is 14.7. The Morgan fingerprint density at radius 3 is 2.17 bits per heavy atom. The third kappa shape index (κ3) is 2.64. The second kappa shape index (κ2) is 6.86. The van der Waals surface area contributed by atoms with Crippen LogP contribution in [-0.2, 0) is 9.53 Å². The molecule has 35 heavy (non-hydrogen) atoms. The van der Waals surface area contributed by atoms with Gasteiger partial charge in [-0.3, -0.25) is 4.79 Å². The fraction of sp³-hybridized carbons (Fsp3) is 0.967. The molecule has 5 saturated carbocycles. The number of ether oxygens (including phenoxy) is 1. The Morgan fingerprint density at radius 2 is 1.49 bits per heavy atom. The smallest absolute Gasteiger partial charge is 0.309 e. The number of carbonyl (C=O) groups is 1. The lowest BCUT2D eigenvalue weighted by Crippen LogP contribution is -2.69. The van der Waals surface area contributed by atoms with Crippen LogP contribution in [0.3, 0.4) is 0 Å². The first-order valence-electron chi connectivity index (χ1n) is 14.4. The van der Waals surface area contributed by atoms with Crippen molar-refractivity contribution >= 4 is 5.97 Å². The van der Waals surface area contributed by atoms with Gasteiger partial charge in [-0.25, -0.2) is 0 Å². The average Bonchev–Trinajstić information content (AvgIpc) is 2.97. The SMILES string of the molecule is C[C@@H]1C23CCC4[C@@](C)(CC[C@@]5(C)C6C[C@](C)(C(=O)O)CC[C@]6(C)CC[C@]45C)C2C[C@@H](O)C1(O)OC3. The third-order valence-corrected chi connectivity index (χ3v) is 14.7. The number of aliphatic hydroxyl groups is 2. The van der Waals surface area contributed by atoms with Gasteiger partial charge < -0.3 is 20.1 Å². The molecule has 12 atom stereocenters. The van der Waals surface area contributed by atoms with Gasteiger partial charge in [0.15, 0.2) is 5.79 Å². The van der Waals surface area contributed by atoms with Crippen molar-refractivity contribution in [3.8, 4) is 0 Å². The highest BCUT2D eigenvalue weighted by Gasteiger charge is 2.75. The molecule has 1 saturated heterocycles. The molecule has 6 aliphatic rings. The molecule has 3 N–H and O–H groups in total. The van der Waals surface area contributed by atoms with E-state index in [4.69, 9.17) is 4.74 Å². The number of carboxylic acids is 1. The molecule has 5 unspecified atom stereocenters. The first kappa shape index (κ1) is 24.7. The van der Waals surface area contributed by atoms with E-state index in [1.54, 1.807) is 0 Å². The molecule has 1 aliphatic heterocycles. The van der Waals surface area contributed by atoms with E-state index < -0.39 is 23.3 Å². The predicted octanol–water partition coefficient (Wildman–Crippen LogP) is 5.62.